The average Bonchev–Trinajstić information content (AvgIpc) is 3.29. The Morgan fingerprint density at radius 2 is 1.66 bits per heavy atom. The van der Waals surface area contributed by atoms with E-state index in [1.54, 1.807) is 5.57 Å². The molecule has 0 aromatic rings. The fraction of sp³-hybridized carbons (Fsp3) is 0.917. The van der Waals surface area contributed by atoms with Crippen LogP contribution in [0.3, 0.4) is 0 Å². The molecule has 5 heteroatoms. The minimum Gasteiger partial charge on any atom is -0.432 e. The molecule has 3 saturated carbocycles. The molecule has 0 amide bonds. The van der Waals surface area contributed by atoms with Crippen LogP contribution in [0.5, 0.6) is 0 Å². The number of carbonyl (C=O) groups excluding carboxylic acids is 1. The number of ether oxygens (including phenoxy) is 4. The Bertz CT molecular complexity index is 853. The van der Waals surface area contributed by atoms with Crippen molar-refractivity contribution in [2.75, 3.05) is 33.0 Å². The topological polar surface area (TPSA) is 54.0 Å². The molecule has 0 saturated heterocycles. The number of rotatable bonds is 15. The molecule has 4 unspecified atom stereocenters. The number of hydrogen-bond acceptors (Lipinski definition) is 5. The zero-order valence-electron chi connectivity index (χ0n) is 27.4. The van der Waals surface area contributed by atoms with Gasteiger partial charge in [-0.25, -0.2) is 4.79 Å². The van der Waals surface area contributed by atoms with Gasteiger partial charge in [0.05, 0.1) is 19.8 Å². The van der Waals surface area contributed by atoms with Crippen molar-refractivity contribution < 1.29 is 23.7 Å². The van der Waals surface area contributed by atoms with E-state index >= 15 is 0 Å². The van der Waals surface area contributed by atoms with Crippen LogP contribution in [0.25, 0.3) is 0 Å². The fourth-order valence-corrected chi connectivity index (χ4v) is 9.68. The first-order valence-electron chi connectivity index (χ1n) is 17.4. The highest BCUT2D eigenvalue weighted by atomic mass is 16.7. The van der Waals surface area contributed by atoms with Crippen molar-refractivity contribution in [3.05, 3.63) is 11.6 Å². The van der Waals surface area contributed by atoms with Crippen LogP contribution in [0, 0.1) is 46.3 Å². The summed E-state index contributed by atoms with van der Waals surface area (Å²) in [5.74, 6) is 5.07. The first kappa shape index (κ1) is 32.8. The van der Waals surface area contributed by atoms with Gasteiger partial charge in [-0.1, -0.05) is 78.9 Å². The molecule has 3 fully saturated rings. The summed E-state index contributed by atoms with van der Waals surface area (Å²) in [7, 11) is 0. The summed E-state index contributed by atoms with van der Waals surface area (Å²) in [6.45, 7) is 17.1. The SMILES string of the molecule is CCCCOCCOCCOC(=O)OC1CC[C@@]2(C)C(=CCC3C2CC[C@@]2(C)C3CC[C@@H]2[C@H](C)CCCC(C)C)C1. The molecule has 0 aliphatic heterocycles. The lowest BCUT2D eigenvalue weighted by Crippen LogP contribution is -2.51. The van der Waals surface area contributed by atoms with Crippen LogP contribution in [-0.2, 0) is 18.9 Å². The Morgan fingerprint density at radius 1 is 0.902 bits per heavy atom. The summed E-state index contributed by atoms with van der Waals surface area (Å²) in [5, 5.41) is 0. The van der Waals surface area contributed by atoms with Gasteiger partial charge in [-0.3, -0.25) is 0 Å². The highest BCUT2D eigenvalue weighted by Crippen LogP contribution is 2.67. The minimum atomic E-state index is -0.552. The smallest absolute Gasteiger partial charge is 0.432 e. The molecule has 0 radical (unpaired) electrons. The Hall–Kier alpha value is -1.07. The van der Waals surface area contributed by atoms with Gasteiger partial charge in [0.1, 0.15) is 12.7 Å². The summed E-state index contributed by atoms with van der Waals surface area (Å²) >= 11 is 0. The maximum absolute atomic E-state index is 12.4. The van der Waals surface area contributed by atoms with Crippen molar-refractivity contribution in [3.63, 3.8) is 0 Å². The standard InChI is InChI=1S/C36H62O5/c1-7-8-20-38-21-22-39-23-24-40-34(37)41-29-16-18-35(5)28(25-29)12-13-30-32-15-14-31(27(4)11-9-10-26(2)3)36(32,6)19-17-33(30)35/h12,26-27,29-33H,7-11,13-25H2,1-6H3/t27-,29?,30?,31-,32?,33?,35+,36-/m1/s1. The molecule has 8 atom stereocenters. The molecule has 4 rings (SSSR count). The average molecular weight is 575 g/mol. The molecule has 4 aliphatic rings. The van der Waals surface area contributed by atoms with Crippen molar-refractivity contribution in [1.82, 2.24) is 0 Å². The van der Waals surface area contributed by atoms with Gasteiger partial charge in [-0.15, -0.1) is 0 Å². The molecular formula is C36H62O5. The second kappa shape index (κ2) is 15.1. The molecule has 236 valence electrons. The zero-order valence-corrected chi connectivity index (χ0v) is 27.4. The van der Waals surface area contributed by atoms with E-state index < -0.39 is 6.16 Å². The molecule has 0 aromatic heterocycles. The lowest BCUT2D eigenvalue weighted by Gasteiger charge is -2.58. The third-order valence-corrected chi connectivity index (χ3v) is 12.0. The van der Waals surface area contributed by atoms with Crippen LogP contribution in [0.2, 0.25) is 0 Å². The lowest BCUT2D eigenvalue weighted by atomic mass is 9.47. The van der Waals surface area contributed by atoms with E-state index in [2.05, 4.69) is 47.6 Å². The van der Waals surface area contributed by atoms with Crippen LogP contribution in [0.1, 0.15) is 125 Å². The van der Waals surface area contributed by atoms with Gasteiger partial charge in [0.25, 0.3) is 0 Å². The Morgan fingerprint density at radius 3 is 2.41 bits per heavy atom. The van der Waals surface area contributed by atoms with Crippen LogP contribution >= 0.6 is 0 Å². The minimum absolute atomic E-state index is 0.0670. The summed E-state index contributed by atoms with van der Waals surface area (Å²) in [4.78, 5) is 12.4. The second-order valence-corrected chi connectivity index (χ2v) is 14.9. The van der Waals surface area contributed by atoms with E-state index in [0.717, 1.165) is 74.2 Å². The maximum atomic E-state index is 12.4. The number of fused-ring (bicyclic) bond motifs is 5. The van der Waals surface area contributed by atoms with E-state index in [0.29, 0.717) is 25.2 Å². The van der Waals surface area contributed by atoms with Crippen molar-refractivity contribution in [1.29, 1.82) is 0 Å². The summed E-state index contributed by atoms with van der Waals surface area (Å²) in [6, 6.07) is 0. The third-order valence-electron chi connectivity index (χ3n) is 12.0. The van der Waals surface area contributed by atoms with E-state index in [-0.39, 0.29) is 18.1 Å². The molecule has 0 bridgehead atoms. The van der Waals surface area contributed by atoms with E-state index in [1.807, 2.05) is 0 Å². The van der Waals surface area contributed by atoms with Gasteiger partial charge in [0.2, 0.25) is 0 Å². The second-order valence-electron chi connectivity index (χ2n) is 14.9. The number of hydrogen-bond donors (Lipinski definition) is 0. The van der Waals surface area contributed by atoms with E-state index in [4.69, 9.17) is 18.9 Å². The Balaban J connectivity index is 1.24. The third kappa shape index (κ3) is 7.91. The predicted octanol–water partition coefficient (Wildman–Crippen LogP) is 9.38. The highest BCUT2D eigenvalue weighted by Gasteiger charge is 2.59. The zero-order chi connectivity index (χ0) is 29.5. The largest absolute Gasteiger partial charge is 0.508 e. The van der Waals surface area contributed by atoms with Crippen LogP contribution in [0.15, 0.2) is 11.6 Å². The summed E-state index contributed by atoms with van der Waals surface area (Å²) < 4.78 is 22.1. The molecule has 4 aliphatic carbocycles. The van der Waals surface area contributed by atoms with Crippen LogP contribution in [-0.4, -0.2) is 45.3 Å². The molecule has 0 N–H and O–H groups in total. The van der Waals surface area contributed by atoms with Crippen molar-refractivity contribution in [3.8, 4) is 0 Å². The van der Waals surface area contributed by atoms with E-state index in [9.17, 15) is 4.79 Å². The van der Waals surface area contributed by atoms with Gasteiger partial charge in [-0.2, -0.15) is 0 Å². The fourth-order valence-electron chi connectivity index (χ4n) is 9.68. The Labute approximate surface area is 251 Å². The lowest BCUT2D eigenvalue weighted by molar-refractivity contribution is -0.0627. The van der Waals surface area contributed by atoms with Crippen LogP contribution in [0.4, 0.5) is 4.79 Å². The van der Waals surface area contributed by atoms with Gasteiger partial charge >= 0.3 is 6.16 Å². The number of allylic oxidation sites excluding steroid dienone is 1. The monoisotopic (exact) mass is 574 g/mol. The van der Waals surface area contributed by atoms with E-state index in [1.165, 1.54) is 51.4 Å². The summed E-state index contributed by atoms with van der Waals surface area (Å²) in [6.07, 6.45) is 18.1. The summed E-state index contributed by atoms with van der Waals surface area (Å²) in [5.41, 5.74) is 2.34. The van der Waals surface area contributed by atoms with Crippen molar-refractivity contribution >= 4 is 6.16 Å². The quantitative estimate of drug-likeness (QED) is 0.111. The van der Waals surface area contributed by atoms with Crippen molar-refractivity contribution in [2.24, 2.45) is 46.3 Å². The molecule has 0 aromatic carbocycles. The normalized spacial score (nSPS) is 35.3. The first-order valence-corrected chi connectivity index (χ1v) is 17.4. The van der Waals surface area contributed by atoms with Gasteiger partial charge < -0.3 is 18.9 Å². The van der Waals surface area contributed by atoms with Gasteiger partial charge in [0.15, 0.2) is 0 Å². The first-order chi connectivity index (χ1) is 19.7. The molecular weight excluding hydrogens is 512 g/mol. The maximum Gasteiger partial charge on any atom is 0.508 e. The molecule has 0 spiro atoms. The highest BCUT2D eigenvalue weighted by molar-refractivity contribution is 5.60. The van der Waals surface area contributed by atoms with Gasteiger partial charge in [0, 0.05) is 13.0 Å². The van der Waals surface area contributed by atoms with Crippen molar-refractivity contribution in [2.45, 2.75) is 131 Å². The van der Waals surface area contributed by atoms with Crippen LogP contribution < -0.4 is 0 Å². The molecule has 5 nitrogen and oxygen atoms in total. The molecule has 0 heterocycles. The number of carbonyl (C=O) groups is 1. The molecule has 41 heavy (non-hydrogen) atoms. The Kier molecular flexibility index (Phi) is 12.1. The predicted molar refractivity (Wildman–Crippen MR) is 166 cm³/mol. The number of unbranched alkanes of at least 4 members (excludes halogenated alkanes) is 1. The van der Waals surface area contributed by atoms with Gasteiger partial charge in [-0.05, 0) is 97.7 Å².